The van der Waals surface area contributed by atoms with Crippen LogP contribution in [0.2, 0.25) is 0 Å². The van der Waals surface area contributed by atoms with Gasteiger partial charge in [-0.25, -0.2) is 19.2 Å². The molecule has 880 valence electrons. The molecule has 0 aromatic carbocycles. The first-order chi connectivity index (χ1) is 72.7. The summed E-state index contributed by atoms with van der Waals surface area (Å²) >= 11 is 0. The van der Waals surface area contributed by atoms with Crippen LogP contribution in [0.4, 0.5) is 0 Å². The van der Waals surface area contributed by atoms with E-state index < -0.39 is 104 Å². The number of hydrogen-bond acceptors (Lipinski definition) is 16. The molecule has 0 saturated carbocycles. The molecule has 0 bridgehead atoms. The fourth-order valence-electron chi connectivity index (χ4n) is 23.4. The highest BCUT2D eigenvalue weighted by molar-refractivity contribution is 5.89. The second kappa shape index (κ2) is 98.2. The van der Waals surface area contributed by atoms with Gasteiger partial charge < -0.3 is 53.2 Å². The van der Waals surface area contributed by atoms with E-state index in [0.29, 0.717) is 41.2 Å². The van der Waals surface area contributed by atoms with Crippen molar-refractivity contribution in [2.75, 3.05) is 13.2 Å². The van der Waals surface area contributed by atoms with Gasteiger partial charge in [0.25, 0.3) is 0 Å². The molecule has 16 heteroatoms. The number of rotatable bonds is 105. The molecule has 0 amide bonds. The molecule has 150 heavy (non-hydrogen) atoms. The van der Waals surface area contributed by atoms with Gasteiger partial charge in [0.2, 0.25) is 12.6 Å². The molecule has 2 rings (SSSR count). The lowest BCUT2D eigenvalue weighted by Crippen LogP contribution is -2.66. The lowest BCUT2D eigenvalue weighted by atomic mass is 9.91. The number of unbranched alkanes of at least 4 members (excludes halogenated alkanes) is 70. The predicted octanol–water partition coefficient (Wildman–Crippen LogP) is 39.1. The van der Waals surface area contributed by atoms with Crippen LogP contribution in [0.3, 0.4) is 0 Å². The van der Waals surface area contributed by atoms with E-state index in [1.165, 1.54) is 424 Å². The van der Waals surface area contributed by atoms with Gasteiger partial charge in [-0.15, -0.1) is 0 Å². The molecule has 0 radical (unpaired) electrons. The molecule has 2 heterocycles. The highest BCUT2D eigenvalue weighted by atomic mass is 16.8. The van der Waals surface area contributed by atoms with E-state index in [2.05, 4.69) is 90.0 Å². The second-order valence-electron chi connectivity index (χ2n) is 48.9. The van der Waals surface area contributed by atoms with Crippen molar-refractivity contribution in [2.45, 2.75) is 718 Å². The second-order valence-corrected chi connectivity index (χ2v) is 48.9. The van der Waals surface area contributed by atoms with Crippen molar-refractivity contribution in [3.8, 4) is 0 Å². The first-order valence-electron chi connectivity index (χ1n) is 65.4. The maximum absolute atomic E-state index is 15.1. The third-order valence-corrected chi connectivity index (χ3v) is 32.8. The fraction of sp³-hybridized carbons (Fsp3) is 0.903. The Morgan fingerprint density at radius 2 is 0.453 bits per heavy atom. The van der Waals surface area contributed by atoms with Gasteiger partial charge >= 0.3 is 29.8 Å². The van der Waals surface area contributed by atoms with Crippen LogP contribution in [0.1, 0.15) is 657 Å². The fourth-order valence-corrected chi connectivity index (χ4v) is 23.4. The number of aliphatic hydroxyl groups excluding tert-OH is 3. The largest absolute Gasteiger partial charge is 0.459 e. The first-order valence-corrected chi connectivity index (χ1v) is 65.4. The number of carbonyl (C=O) groups is 5. The van der Waals surface area contributed by atoms with Gasteiger partial charge in [-0.3, -0.25) is 4.79 Å². The molecule has 18 atom stereocenters. The number of carbonyl (C=O) groups excluding carboxylic acids is 5. The summed E-state index contributed by atoms with van der Waals surface area (Å²) in [5.41, 5.74) is 1.18. The average molecular weight is 2120 g/mol. The molecule has 2 aliphatic heterocycles. The molecular formula is C134H248O16. The van der Waals surface area contributed by atoms with Crippen molar-refractivity contribution in [3.63, 3.8) is 0 Å². The van der Waals surface area contributed by atoms with Crippen LogP contribution in [0.5, 0.6) is 0 Å². The number of aliphatic hydroxyl groups is 3. The predicted molar refractivity (Wildman–Crippen MR) is 633 cm³/mol. The molecule has 16 nitrogen and oxygen atoms in total. The summed E-state index contributed by atoms with van der Waals surface area (Å²) in [7, 11) is 0. The zero-order valence-electron chi connectivity index (χ0n) is 102. The van der Waals surface area contributed by atoms with Crippen LogP contribution >= 0.6 is 0 Å². The van der Waals surface area contributed by atoms with Crippen molar-refractivity contribution in [2.24, 2.45) is 47.3 Å². The maximum atomic E-state index is 15.1. The van der Waals surface area contributed by atoms with Gasteiger partial charge in [0.05, 0.1) is 6.61 Å². The molecule has 2 saturated heterocycles. The highest BCUT2D eigenvalue weighted by Gasteiger charge is 2.56. The number of hydrogen-bond donors (Lipinski definition) is 3. The molecule has 0 aromatic rings. The molecule has 3 N–H and O–H groups in total. The molecule has 2 fully saturated rings. The van der Waals surface area contributed by atoms with E-state index in [1.54, 1.807) is 27.7 Å². The van der Waals surface area contributed by atoms with Gasteiger partial charge in [0, 0.05) is 28.7 Å². The summed E-state index contributed by atoms with van der Waals surface area (Å²) in [4.78, 5) is 74.2. The molecular weight excluding hydrogens is 1870 g/mol. The molecule has 4 unspecified atom stereocenters. The Morgan fingerprint density at radius 1 is 0.247 bits per heavy atom. The van der Waals surface area contributed by atoms with Crippen molar-refractivity contribution < 1.29 is 77.2 Å². The van der Waals surface area contributed by atoms with Crippen molar-refractivity contribution in [1.82, 2.24) is 0 Å². The average Bonchev–Trinajstić information content (AvgIpc) is 0.768. The Morgan fingerprint density at radius 3 is 0.700 bits per heavy atom. The van der Waals surface area contributed by atoms with E-state index in [1.807, 2.05) is 24.3 Å². The summed E-state index contributed by atoms with van der Waals surface area (Å²) in [5.74, 6) is -2.16. The van der Waals surface area contributed by atoms with Crippen LogP contribution in [0.15, 0.2) is 46.6 Å². The Kier molecular flexibility index (Phi) is 93.1. The van der Waals surface area contributed by atoms with Gasteiger partial charge in [0.1, 0.15) is 31.0 Å². The van der Waals surface area contributed by atoms with Crippen LogP contribution < -0.4 is 0 Å². The smallest absolute Gasteiger partial charge is 0.333 e. The lowest BCUT2D eigenvalue weighted by molar-refractivity contribution is -0.377. The third-order valence-electron chi connectivity index (χ3n) is 32.8. The van der Waals surface area contributed by atoms with Crippen molar-refractivity contribution in [3.05, 3.63) is 46.6 Å². The topological polar surface area (TPSA) is 220 Å². The van der Waals surface area contributed by atoms with Crippen molar-refractivity contribution in [1.29, 1.82) is 0 Å². The molecule has 0 spiro atoms. The molecule has 0 aromatic heterocycles. The van der Waals surface area contributed by atoms with E-state index >= 15 is 9.59 Å². The summed E-state index contributed by atoms with van der Waals surface area (Å²) in [6.45, 7) is 34.2. The standard InChI is InChI=1S/C134H248O16/c1-18-23-28-33-38-43-48-53-58-59-60-62-66-71-76-78-83-88-93-108(6)98-112(10)102-116(14)129(139)143-107-121-123(137)126(148-131(141)118(16)104-114(12)100-110(8)95-90-85-80-74-69-64-56-51-46-41-36-31-26-21-4)128(146-122(136)97-92-87-82-77-72-67-61-54-49-44-39-34-29-24-19-2)134(145-121)150-133-127(149-132(142)119(17)105-115(13)101-111(9)96-91-86-81-75-70-65-57-52-47-42-37-32-27-22-5)124(138)125(120(106-135)144-133)147-130(140)117(15)103-113(11)99-109(7)94-89-84-79-73-68-63-55-50-45-40-35-30-25-20-3/h102-105,108-115,120-121,123-128,133-135,137-138H,18-101,106-107H2,1-17H3/b116-102+,117-103+,118-104+,119-105+/t108-,109-,110-,111-,112-,113-,114-,115-,120?,121?,123+,124?,125+,126?,127-,128+,133+,134+/m0/s1. The monoisotopic (exact) mass is 2110 g/mol. The van der Waals surface area contributed by atoms with E-state index in [9.17, 15) is 29.7 Å². The highest BCUT2D eigenvalue weighted by Crippen LogP contribution is 2.38. The van der Waals surface area contributed by atoms with Gasteiger partial charge in [-0.2, -0.15) is 0 Å². The number of ether oxygens (including phenoxy) is 8. The number of esters is 5. The zero-order valence-corrected chi connectivity index (χ0v) is 102. The van der Waals surface area contributed by atoms with Crippen LogP contribution in [-0.2, 0) is 61.9 Å². The van der Waals surface area contributed by atoms with Crippen LogP contribution in [-0.4, -0.2) is 120 Å². The molecule has 0 aliphatic carbocycles. The minimum Gasteiger partial charge on any atom is -0.459 e. The summed E-state index contributed by atoms with van der Waals surface area (Å²) < 4.78 is 52.3. The quantitative estimate of drug-likeness (QED) is 0.0223. The SMILES string of the molecule is CCCCCCCCCCCCCCCCCCCC[C@H](C)C[C@H](C)/C=C(\C)C(=O)OCC1O[C@H](O[C@H]2OC(CO)[C@@H](OC(=O)/C(C)=C/[C@@H](C)C[C@@H](C)CCCCCCCCCCCCCCCC)C(O)[C@@H]2OC(=O)/C(C)=C/[C@@H](C)C[C@@H](C)CCCCCCCCCCCCCCCC)[C@H](OC(=O)CCCCCCCCCCCCCCCCC)C(OC(=O)/C(C)=C/[C@@H](C)C[C@@H](C)CCCCCCCCCCCCCCCC)[C@@H]1O. The summed E-state index contributed by atoms with van der Waals surface area (Å²) in [6, 6.07) is 0. The number of allylic oxidation sites excluding steroid dienone is 4. The normalized spacial score (nSPS) is 20.1. The zero-order chi connectivity index (χ0) is 110. The van der Waals surface area contributed by atoms with Crippen molar-refractivity contribution >= 4 is 29.8 Å². The van der Waals surface area contributed by atoms with Gasteiger partial charge in [0.15, 0.2) is 24.4 Å². The lowest BCUT2D eigenvalue weighted by Gasteiger charge is -2.47. The van der Waals surface area contributed by atoms with Gasteiger partial charge in [-0.05, 0) is 107 Å². The molecule has 2 aliphatic rings. The Bertz CT molecular complexity index is 3270. The summed E-state index contributed by atoms with van der Waals surface area (Å²) in [5, 5.41) is 37.6. The van der Waals surface area contributed by atoms with Gasteiger partial charge in [-0.1, -0.05) is 615 Å². The van der Waals surface area contributed by atoms with E-state index in [0.717, 1.165) is 103 Å². The Labute approximate surface area is 927 Å². The van der Waals surface area contributed by atoms with E-state index in [4.69, 9.17) is 37.9 Å². The Balaban J connectivity index is 2.70. The van der Waals surface area contributed by atoms with E-state index in [-0.39, 0.29) is 41.2 Å². The first kappa shape index (κ1) is 142. The summed E-state index contributed by atoms with van der Waals surface area (Å²) in [6.07, 6.45) is 93.7. The van der Waals surface area contributed by atoms with Crippen LogP contribution in [0.25, 0.3) is 0 Å². The maximum Gasteiger partial charge on any atom is 0.333 e. The Hall–Kier alpha value is -3.93. The minimum absolute atomic E-state index is 0.00148. The van der Waals surface area contributed by atoms with Crippen LogP contribution in [0, 0.1) is 47.3 Å². The third kappa shape index (κ3) is 76.7. The minimum atomic E-state index is -1.92.